The fraction of sp³-hybridized carbons (Fsp3) is 0.579. The zero-order valence-corrected chi connectivity index (χ0v) is 17.3. The largest absolute Gasteiger partial charge is 0.384 e. The van der Waals surface area contributed by atoms with Crippen molar-refractivity contribution in [1.82, 2.24) is 19.0 Å². The Balaban J connectivity index is 1.61. The van der Waals surface area contributed by atoms with Crippen molar-refractivity contribution >= 4 is 26.8 Å². The van der Waals surface area contributed by atoms with Crippen LogP contribution in [0.4, 0.5) is 0 Å². The molecule has 0 saturated carbocycles. The number of carbonyl (C=O) groups excluding carboxylic acids is 1. The lowest BCUT2D eigenvalue weighted by molar-refractivity contribution is 0.00327. The van der Waals surface area contributed by atoms with Crippen LogP contribution in [0.25, 0.3) is 10.9 Å². The van der Waals surface area contributed by atoms with E-state index in [0.29, 0.717) is 44.9 Å². The molecule has 152 valence electrons. The molecule has 28 heavy (non-hydrogen) atoms. The normalized spacial score (nSPS) is 26.0. The molecular weight excluding hydrogens is 380 g/mol. The Kier molecular flexibility index (Phi) is 4.71. The molecule has 2 unspecified atom stereocenters. The van der Waals surface area contributed by atoms with Gasteiger partial charge in [-0.1, -0.05) is 18.2 Å². The number of methoxy groups -OCH3 is 1. The Morgan fingerprint density at radius 1 is 1.32 bits per heavy atom. The van der Waals surface area contributed by atoms with E-state index in [9.17, 15) is 13.2 Å². The maximum Gasteiger partial charge on any atom is 0.275 e. The van der Waals surface area contributed by atoms with Gasteiger partial charge in [0.05, 0.1) is 18.4 Å². The fourth-order valence-corrected chi connectivity index (χ4v) is 5.66. The maximum absolute atomic E-state index is 13.2. The Morgan fingerprint density at radius 3 is 2.79 bits per heavy atom. The number of carbonyl (C=O) groups is 1. The number of rotatable bonds is 4. The second-order valence-corrected chi connectivity index (χ2v) is 10.0. The van der Waals surface area contributed by atoms with E-state index in [4.69, 9.17) is 4.74 Å². The highest BCUT2D eigenvalue weighted by molar-refractivity contribution is 7.88. The van der Waals surface area contributed by atoms with Crippen molar-refractivity contribution in [2.45, 2.75) is 6.42 Å². The molecule has 0 N–H and O–H groups in total. The first kappa shape index (κ1) is 19.4. The Labute approximate surface area is 165 Å². The van der Waals surface area contributed by atoms with Gasteiger partial charge in [-0.3, -0.25) is 9.48 Å². The summed E-state index contributed by atoms with van der Waals surface area (Å²) < 4.78 is 32.9. The first-order valence-corrected chi connectivity index (χ1v) is 11.2. The summed E-state index contributed by atoms with van der Waals surface area (Å²) in [6.07, 6.45) is 1.96. The number of amides is 1. The number of aromatic nitrogens is 2. The number of piperidine rings is 1. The smallest absolute Gasteiger partial charge is 0.275 e. The van der Waals surface area contributed by atoms with Crippen molar-refractivity contribution in [2.75, 3.05) is 46.2 Å². The second kappa shape index (κ2) is 6.82. The Bertz CT molecular complexity index is 1020. The van der Waals surface area contributed by atoms with E-state index < -0.39 is 10.0 Å². The van der Waals surface area contributed by atoms with Crippen molar-refractivity contribution in [3.8, 4) is 0 Å². The molecule has 1 aromatic carbocycles. The molecule has 2 aromatic rings. The average molecular weight is 407 g/mol. The van der Waals surface area contributed by atoms with Crippen molar-refractivity contribution < 1.29 is 17.9 Å². The highest BCUT2D eigenvalue weighted by Crippen LogP contribution is 2.44. The predicted molar refractivity (Wildman–Crippen MR) is 105 cm³/mol. The molecule has 9 heteroatoms. The number of benzene rings is 1. The number of para-hydroxylation sites is 1. The van der Waals surface area contributed by atoms with Crippen molar-refractivity contribution in [3.63, 3.8) is 0 Å². The first-order valence-electron chi connectivity index (χ1n) is 9.40. The van der Waals surface area contributed by atoms with Crippen LogP contribution >= 0.6 is 0 Å². The predicted octanol–water partition coefficient (Wildman–Crippen LogP) is 0.943. The van der Waals surface area contributed by atoms with E-state index >= 15 is 0 Å². The van der Waals surface area contributed by atoms with Crippen molar-refractivity contribution in [1.29, 1.82) is 0 Å². The van der Waals surface area contributed by atoms with Gasteiger partial charge >= 0.3 is 0 Å². The lowest BCUT2D eigenvalue weighted by Crippen LogP contribution is -2.51. The number of nitrogens with zero attached hydrogens (tertiary/aromatic N) is 4. The molecule has 8 nitrogen and oxygen atoms in total. The van der Waals surface area contributed by atoms with E-state index in [2.05, 4.69) is 5.10 Å². The Hall–Kier alpha value is -1.97. The number of fused-ring (bicyclic) bond motifs is 2. The van der Waals surface area contributed by atoms with Gasteiger partial charge in [-0.15, -0.1) is 0 Å². The third-order valence-electron chi connectivity index (χ3n) is 6.25. The van der Waals surface area contributed by atoms with Crippen LogP contribution < -0.4 is 0 Å². The van der Waals surface area contributed by atoms with Gasteiger partial charge in [-0.2, -0.15) is 5.10 Å². The second-order valence-electron chi connectivity index (χ2n) is 8.04. The summed E-state index contributed by atoms with van der Waals surface area (Å²) in [4.78, 5) is 15.1. The summed E-state index contributed by atoms with van der Waals surface area (Å²) >= 11 is 0. The molecule has 0 radical (unpaired) electrons. The van der Waals surface area contributed by atoms with Gasteiger partial charge in [-0.25, -0.2) is 12.7 Å². The number of aryl methyl sites for hydroxylation is 1. The lowest BCUT2D eigenvalue weighted by atomic mass is 9.73. The quantitative estimate of drug-likeness (QED) is 0.755. The van der Waals surface area contributed by atoms with Crippen LogP contribution in [0.1, 0.15) is 16.9 Å². The number of hydrogen-bond acceptors (Lipinski definition) is 5. The minimum atomic E-state index is -3.27. The molecule has 2 aliphatic heterocycles. The highest BCUT2D eigenvalue weighted by atomic mass is 32.2. The van der Waals surface area contributed by atoms with Crippen molar-refractivity contribution in [2.24, 2.45) is 18.4 Å². The van der Waals surface area contributed by atoms with Crippen LogP contribution in [0.2, 0.25) is 0 Å². The molecule has 3 heterocycles. The highest BCUT2D eigenvalue weighted by Gasteiger charge is 2.52. The van der Waals surface area contributed by atoms with E-state index in [-0.39, 0.29) is 17.2 Å². The number of hydrogen-bond donors (Lipinski definition) is 0. The summed E-state index contributed by atoms with van der Waals surface area (Å²) in [5.74, 6) is -0.0459. The van der Waals surface area contributed by atoms with Crippen LogP contribution in [0.5, 0.6) is 0 Å². The number of ether oxygens (including phenoxy) is 1. The van der Waals surface area contributed by atoms with Gasteiger partial charge in [0.1, 0.15) is 0 Å². The summed E-state index contributed by atoms with van der Waals surface area (Å²) in [5, 5.41) is 5.29. The zero-order valence-electron chi connectivity index (χ0n) is 16.5. The lowest BCUT2D eigenvalue weighted by Gasteiger charge is -2.43. The first-order chi connectivity index (χ1) is 13.2. The minimum Gasteiger partial charge on any atom is -0.384 e. The summed E-state index contributed by atoms with van der Waals surface area (Å²) in [6, 6.07) is 7.69. The van der Waals surface area contributed by atoms with Crippen LogP contribution in [0, 0.1) is 11.3 Å². The van der Waals surface area contributed by atoms with E-state index in [0.717, 1.165) is 10.9 Å². The van der Waals surface area contributed by atoms with E-state index in [1.165, 1.54) is 10.6 Å². The molecule has 2 saturated heterocycles. The SMILES string of the molecule is COCC12CCN(C(=O)c3nn(C)c4ccccc34)CC1CN(S(C)(=O)=O)C2. The topological polar surface area (TPSA) is 84.7 Å². The molecule has 1 aromatic heterocycles. The molecular formula is C19H26N4O4S. The monoisotopic (exact) mass is 406 g/mol. The van der Waals surface area contributed by atoms with Gasteiger partial charge in [-0.05, 0) is 18.4 Å². The fourth-order valence-electron chi connectivity index (χ4n) is 4.72. The van der Waals surface area contributed by atoms with Gasteiger partial charge in [0, 0.05) is 51.1 Å². The molecule has 4 rings (SSSR count). The molecule has 1 amide bonds. The standard InChI is InChI=1S/C19H26N4O4S/c1-21-16-7-5-4-6-15(16)17(20-21)18(24)22-9-8-19(13-27-2)12-23(28(3,25)26)11-14(19)10-22/h4-7,14H,8-13H2,1-3H3. The molecule has 0 aliphatic carbocycles. The van der Waals surface area contributed by atoms with Crippen LogP contribution in [-0.4, -0.2) is 79.5 Å². The molecule has 2 aliphatic rings. The minimum absolute atomic E-state index is 0.0508. The average Bonchev–Trinajstić information content (AvgIpc) is 3.20. The molecule has 0 spiro atoms. The molecule has 0 bridgehead atoms. The van der Waals surface area contributed by atoms with E-state index in [1.807, 2.05) is 36.2 Å². The maximum atomic E-state index is 13.2. The zero-order chi connectivity index (χ0) is 20.1. The molecule has 2 fully saturated rings. The van der Waals surface area contributed by atoms with Gasteiger partial charge < -0.3 is 9.64 Å². The summed E-state index contributed by atoms with van der Waals surface area (Å²) in [7, 11) is 0.205. The number of likely N-dealkylation sites (tertiary alicyclic amines) is 1. The van der Waals surface area contributed by atoms with E-state index in [1.54, 1.807) is 11.8 Å². The van der Waals surface area contributed by atoms with Gasteiger partial charge in [0.15, 0.2) is 5.69 Å². The third-order valence-corrected chi connectivity index (χ3v) is 7.47. The van der Waals surface area contributed by atoms with Crippen LogP contribution in [-0.2, 0) is 21.8 Å². The van der Waals surface area contributed by atoms with Crippen molar-refractivity contribution in [3.05, 3.63) is 30.0 Å². The third kappa shape index (κ3) is 3.11. The molecule has 2 atom stereocenters. The Morgan fingerprint density at radius 2 is 2.07 bits per heavy atom. The number of sulfonamides is 1. The van der Waals surface area contributed by atoms with Gasteiger partial charge in [0.25, 0.3) is 5.91 Å². The summed E-state index contributed by atoms with van der Waals surface area (Å²) in [5.41, 5.74) is 1.14. The summed E-state index contributed by atoms with van der Waals surface area (Å²) in [6.45, 7) is 2.46. The van der Waals surface area contributed by atoms with Gasteiger partial charge in [0.2, 0.25) is 10.0 Å². The van der Waals surface area contributed by atoms with Crippen LogP contribution in [0.15, 0.2) is 24.3 Å². The van der Waals surface area contributed by atoms with Crippen LogP contribution in [0.3, 0.4) is 0 Å².